The van der Waals surface area contributed by atoms with Gasteiger partial charge in [0.25, 0.3) is 0 Å². The Hall–Kier alpha value is -2.17. The van der Waals surface area contributed by atoms with E-state index in [0.717, 1.165) is 5.56 Å². The van der Waals surface area contributed by atoms with E-state index in [-0.39, 0.29) is 12.3 Å². The summed E-state index contributed by atoms with van der Waals surface area (Å²) in [5.74, 6) is -0.403. The zero-order valence-electron chi connectivity index (χ0n) is 9.38. The van der Waals surface area contributed by atoms with E-state index >= 15 is 0 Å². The van der Waals surface area contributed by atoms with Gasteiger partial charge in [-0.3, -0.25) is 4.79 Å². The molecule has 0 saturated carbocycles. The maximum Gasteiger partial charge on any atom is 0.312 e. The number of benzene rings is 1. The van der Waals surface area contributed by atoms with Crippen LogP contribution in [0.3, 0.4) is 0 Å². The maximum absolute atomic E-state index is 10.4. The number of aliphatic carboxylic acids is 1. The number of hydrogen-bond acceptors (Lipinski definition) is 4. The minimum Gasteiger partial charge on any atom is -0.481 e. The SMILES string of the molecule is Cc1ccc(Cc2nnc(CC(=O)O)o2)cc1. The van der Waals surface area contributed by atoms with Crippen LogP contribution in [0.25, 0.3) is 0 Å². The number of aryl methyl sites for hydroxylation is 1. The quantitative estimate of drug-likeness (QED) is 0.866. The number of carboxylic acids is 1. The zero-order valence-corrected chi connectivity index (χ0v) is 9.38. The molecular formula is C12H12N2O3. The van der Waals surface area contributed by atoms with Gasteiger partial charge in [-0.1, -0.05) is 29.8 Å². The molecule has 0 aliphatic rings. The number of carboxylic acid groups (broad SMARTS) is 1. The summed E-state index contributed by atoms with van der Waals surface area (Å²) in [4.78, 5) is 10.4. The minimum absolute atomic E-state index is 0.139. The molecule has 0 atom stereocenters. The number of rotatable bonds is 4. The van der Waals surface area contributed by atoms with Crippen molar-refractivity contribution in [2.45, 2.75) is 19.8 Å². The van der Waals surface area contributed by atoms with Crippen LogP contribution in [0.15, 0.2) is 28.7 Å². The molecule has 1 aromatic carbocycles. The largest absolute Gasteiger partial charge is 0.481 e. The highest BCUT2D eigenvalue weighted by atomic mass is 16.4. The highest BCUT2D eigenvalue weighted by Gasteiger charge is 2.10. The summed E-state index contributed by atoms with van der Waals surface area (Å²) in [7, 11) is 0. The molecule has 88 valence electrons. The summed E-state index contributed by atoms with van der Waals surface area (Å²) >= 11 is 0. The normalized spacial score (nSPS) is 10.4. The van der Waals surface area contributed by atoms with Gasteiger partial charge in [-0.05, 0) is 12.5 Å². The standard InChI is InChI=1S/C12H12N2O3/c1-8-2-4-9(5-3-8)6-10-13-14-11(17-10)7-12(15)16/h2-5H,6-7H2,1H3,(H,15,16). The van der Waals surface area contributed by atoms with Crippen LogP contribution in [0.1, 0.15) is 22.9 Å². The van der Waals surface area contributed by atoms with E-state index in [2.05, 4.69) is 10.2 Å². The lowest BCUT2D eigenvalue weighted by Crippen LogP contribution is -1.99. The molecule has 17 heavy (non-hydrogen) atoms. The molecule has 0 bridgehead atoms. The molecule has 1 N–H and O–H groups in total. The molecule has 5 nitrogen and oxygen atoms in total. The molecule has 1 aromatic heterocycles. The Morgan fingerprint density at radius 2 is 1.88 bits per heavy atom. The van der Waals surface area contributed by atoms with E-state index in [1.165, 1.54) is 5.56 Å². The third kappa shape index (κ3) is 3.14. The highest BCUT2D eigenvalue weighted by Crippen LogP contribution is 2.10. The molecular weight excluding hydrogens is 220 g/mol. The fourth-order valence-corrected chi connectivity index (χ4v) is 1.44. The lowest BCUT2D eigenvalue weighted by Gasteiger charge is -1.97. The average Bonchev–Trinajstić information content (AvgIpc) is 2.68. The maximum atomic E-state index is 10.4. The van der Waals surface area contributed by atoms with Crippen molar-refractivity contribution in [1.29, 1.82) is 0 Å². The zero-order chi connectivity index (χ0) is 12.3. The van der Waals surface area contributed by atoms with Crippen molar-refractivity contribution in [1.82, 2.24) is 10.2 Å². The second-order valence-corrected chi connectivity index (χ2v) is 3.82. The summed E-state index contributed by atoms with van der Waals surface area (Å²) < 4.78 is 5.23. The van der Waals surface area contributed by atoms with Crippen molar-refractivity contribution in [3.63, 3.8) is 0 Å². The van der Waals surface area contributed by atoms with E-state index in [4.69, 9.17) is 9.52 Å². The first-order valence-electron chi connectivity index (χ1n) is 5.22. The first-order valence-corrected chi connectivity index (χ1v) is 5.22. The topological polar surface area (TPSA) is 76.2 Å². The third-order valence-electron chi connectivity index (χ3n) is 2.29. The Kier molecular flexibility index (Phi) is 3.18. The fraction of sp³-hybridized carbons (Fsp3) is 0.250. The van der Waals surface area contributed by atoms with Crippen LogP contribution in [0.4, 0.5) is 0 Å². The van der Waals surface area contributed by atoms with Gasteiger partial charge in [0.1, 0.15) is 6.42 Å². The van der Waals surface area contributed by atoms with Gasteiger partial charge in [0.2, 0.25) is 11.8 Å². The molecule has 0 radical (unpaired) electrons. The van der Waals surface area contributed by atoms with Gasteiger partial charge in [0.15, 0.2) is 0 Å². The van der Waals surface area contributed by atoms with Crippen LogP contribution in [0.2, 0.25) is 0 Å². The van der Waals surface area contributed by atoms with Gasteiger partial charge >= 0.3 is 5.97 Å². The Bertz CT molecular complexity index is 517. The van der Waals surface area contributed by atoms with Crippen molar-refractivity contribution in [2.24, 2.45) is 0 Å². The lowest BCUT2D eigenvalue weighted by atomic mass is 10.1. The van der Waals surface area contributed by atoms with Gasteiger partial charge in [0.05, 0.1) is 6.42 Å². The monoisotopic (exact) mass is 232 g/mol. The smallest absolute Gasteiger partial charge is 0.312 e. The van der Waals surface area contributed by atoms with Crippen LogP contribution in [-0.2, 0) is 17.6 Å². The first-order chi connectivity index (χ1) is 8.13. The fourth-order valence-electron chi connectivity index (χ4n) is 1.44. The second kappa shape index (κ2) is 4.78. The molecule has 0 spiro atoms. The van der Waals surface area contributed by atoms with Crippen LogP contribution < -0.4 is 0 Å². The molecule has 0 saturated heterocycles. The Labute approximate surface area is 98.1 Å². The molecule has 2 rings (SSSR count). The Morgan fingerprint density at radius 3 is 2.53 bits per heavy atom. The molecule has 5 heteroatoms. The van der Waals surface area contributed by atoms with Crippen LogP contribution >= 0.6 is 0 Å². The van der Waals surface area contributed by atoms with Gasteiger partial charge in [0, 0.05) is 0 Å². The number of aromatic nitrogens is 2. The average molecular weight is 232 g/mol. The summed E-state index contributed by atoms with van der Waals surface area (Å²) in [6, 6.07) is 7.97. The third-order valence-corrected chi connectivity index (χ3v) is 2.29. The second-order valence-electron chi connectivity index (χ2n) is 3.82. The van der Waals surface area contributed by atoms with Crippen LogP contribution in [0, 0.1) is 6.92 Å². The Morgan fingerprint density at radius 1 is 1.24 bits per heavy atom. The van der Waals surface area contributed by atoms with Crippen molar-refractivity contribution < 1.29 is 14.3 Å². The summed E-state index contributed by atoms with van der Waals surface area (Å²) in [6.07, 6.45) is 0.286. The predicted octanol–water partition coefficient (Wildman–Crippen LogP) is 1.60. The van der Waals surface area contributed by atoms with E-state index in [0.29, 0.717) is 12.3 Å². The van der Waals surface area contributed by atoms with Gasteiger partial charge in [-0.2, -0.15) is 0 Å². The van der Waals surface area contributed by atoms with Crippen LogP contribution in [-0.4, -0.2) is 21.3 Å². The van der Waals surface area contributed by atoms with Gasteiger partial charge < -0.3 is 9.52 Å². The predicted molar refractivity (Wildman–Crippen MR) is 59.6 cm³/mol. The van der Waals surface area contributed by atoms with Crippen LogP contribution in [0.5, 0.6) is 0 Å². The molecule has 0 unspecified atom stereocenters. The summed E-state index contributed by atoms with van der Waals surface area (Å²) in [5.41, 5.74) is 2.24. The molecule has 0 aliphatic carbocycles. The molecule has 1 heterocycles. The van der Waals surface area contributed by atoms with E-state index in [1.807, 2.05) is 31.2 Å². The Balaban J connectivity index is 2.06. The van der Waals surface area contributed by atoms with Crippen molar-refractivity contribution in [2.75, 3.05) is 0 Å². The van der Waals surface area contributed by atoms with Crippen molar-refractivity contribution in [3.8, 4) is 0 Å². The van der Waals surface area contributed by atoms with E-state index in [9.17, 15) is 4.79 Å². The van der Waals surface area contributed by atoms with Crippen molar-refractivity contribution in [3.05, 3.63) is 47.2 Å². The molecule has 0 aliphatic heterocycles. The molecule has 0 fully saturated rings. The lowest BCUT2D eigenvalue weighted by molar-refractivity contribution is -0.136. The minimum atomic E-state index is -0.976. The number of nitrogens with zero attached hydrogens (tertiary/aromatic N) is 2. The molecule has 2 aromatic rings. The van der Waals surface area contributed by atoms with Crippen molar-refractivity contribution >= 4 is 5.97 Å². The summed E-state index contributed by atoms with van der Waals surface area (Å²) in [5, 5.41) is 16.0. The van der Waals surface area contributed by atoms with E-state index in [1.54, 1.807) is 0 Å². The van der Waals surface area contributed by atoms with Gasteiger partial charge in [-0.15, -0.1) is 10.2 Å². The highest BCUT2D eigenvalue weighted by molar-refractivity contribution is 5.68. The van der Waals surface area contributed by atoms with E-state index < -0.39 is 5.97 Å². The molecule has 0 amide bonds. The summed E-state index contributed by atoms with van der Waals surface area (Å²) in [6.45, 7) is 2.02. The van der Waals surface area contributed by atoms with Gasteiger partial charge in [-0.25, -0.2) is 0 Å². The number of hydrogen-bond donors (Lipinski definition) is 1. The number of carbonyl (C=O) groups is 1. The first kappa shape index (κ1) is 11.3.